The van der Waals surface area contributed by atoms with Crippen LogP contribution in [-0.4, -0.2) is 65.3 Å². The smallest absolute Gasteiger partial charge is 0.329 e. The molecule has 0 radical (unpaired) electrons. The van der Waals surface area contributed by atoms with E-state index in [-0.39, 0.29) is 12.1 Å². The minimum absolute atomic E-state index is 0.0625. The van der Waals surface area contributed by atoms with Gasteiger partial charge in [0, 0.05) is 20.2 Å². The van der Waals surface area contributed by atoms with Crippen LogP contribution in [0.3, 0.4) is 0 Å². The maximum atomic E-state index is 12.5. The van der Waals surface area contributed by atoms with Crippen LogP contribution in [0.4, 0.5) is 4.79 Å². The van der Waals surface area contributed by atoms with Crippen molar-refractivity contribution in [1.82, 2.24) is 9.80 Å². The molecule has 2 rings (SSSR count). The summed E-state index contributed by atoms with van der Waals surface area (Å²) < 4.78 is 5.29. The molecule has 0 aromatic heterocycles. The molecular weight excluding hydrogens is 248 g/mol. The standard InChI is InChI=1S/C13H22N2O4/c1-13(11(16)17)6-3-4-7-15(13)12(18)14(2)10-5-8-19-9-10/h10H,3-9H2,1-2H3,(H,16,17). The summed E-state index contributed by atoms with van der Waals surface area (Å²) in [6.07, 6.45) is 3.05. The summed E-state index contributed by atoms with van der Waals surface area (Å²) in [7, 11) is 1.73. The van der Waals surface area contributed by atoms with Crippen LogP contribution in [0.5, 0.6) is 0 Å². The molecule has 2 aliphatic rings. The van der Waals surface area contributed by atoms with Gasteiger partial charge in [-0.1, -0.05) is 0 Å². The fourth-order valence-corrected chi connectivity index (χ4v) is 2.82. The van der Waals surface area contributed by atoms with E-state index in [0.717, 1.165) is 19.3 Å². The summed E-state index contributed by atoms with van der Waals surface area (Å²) in [5, 5.41) is 9.43. The molecule has 2 atom stereocenters. The van der Waals surface area contributed by atoms with Gasteiger partial charge in [0.1, 0.15) is 5.54 Å². The number of piperidine rings is 1. The summed E-state index contributed by atoms with van der Waals surface area (Å²) in [5.41, 5.74) is -1.08. The van der Waals surface area contributed by atoms with E-state index in [4.69, 9.17) is 4.74 Å². The Hall–Kier alpha value is -1.30. The van der Waals surface area contributed by atoms with Crippen LogP contribution >= 0.6 is 0 Å². The molecule has 6 nitrogen and oxygen atoms in total. The van der Waals surface area contributed by atoms with E-state index < -0.39 is 11.5 Å². The molecule has 2 fully saturated rings. The zero-order chi connectivity index (χ0) is 14.0. The van der Waals surface area contributed by atoms with Crippen LogP contribution < -0.4 is 0 Å². The molecule has 0 spiro atoms. The topological polar surface area (TPSA) is 70.1 Å². The first-order valence-electron chi connectivity index (χ1n) is 6.82. The fraction of sp³-hybridized carbons (Fsp3) is 0.846. The van der Waals surface area contributed by atoms with Gasteiger partial charge in [-0.25, -0.2) is 9.59 Å². The van der Waals surface area contributed by atoms with E-state index in [0.29, 0.717) is 26.2 Å². The van der Waals surface area contributed by atoms with Gasteiger partial charge in [-0.2, -0.15) is 0 Å². The van der Waals surface area contributed by atoms with Crippen molar-refractivity contribution in [3.05, 3.63) is 0 Å². The number of carbonyl (C=O) groups excluding carboxylic acids is 1. The molecule has 108 valence electrons. The number of nitrogens with zero attached hydrogens (tertiary/aromatic N) is 2. The van der Waals surface area contributed by atoms with E-state index in [1.807, 2.05) is 0 Å². The van der Waals surface area contributed by atoms with Crippen molar-refractivity contribution < 1.29 is 19.4 Å². The van der Waals surface area contributed by atoms with Crippen LogP contribution in [0, 0.1) is 0 Å². The van der Waals surface area contributed by atoms with Crippen LogP contribution in [0.2, 0.25) is 0 Å². The van der Waals surface area contributed by atoms with Gasteiger partial charge in [-0.05, 0) is 32.6 Å². The maximum Gasteiger partial charge on any atom is 0.329 e. The Morgan fingerprint density at radius 3 is 2.74 bits per heavy atom. The van der Waals surface area contributed by atoms with Crippen LogP contribution in [0.15, 0.2) is 0 Å². The van der Waals surface area contributed by atoms with Crippen molar-refractivity contribution in [2.75, 3.05) is 26.8 Å². The second-order valence-electron chi connectivity index (χ2n) is 5.60. The van der Waals surface area contributed by atoms with E-state index in [2.05, 4.69) is 0 Å². The third-order valence-electron chi connectivity index (χ3n) is 4.34. The summed E-state index contributed by atoms with van der Waals surface area (Å²) >= 11 is 0. The summed E-state index contributed by atoms with van der Waals surface area (Å²) in [4.78, 5) is 27.2. The van der Waals surface area contributed by atoms with Crippen LogP contribution in [0.25, 0.3) is 0 Å². The molecular formula is C13H22N2O4. The Bertz CT molecular complexity index is 368. The SMILES string of the molecule is CN(C(=O)N1CCCCC1(C)C(=O)O)C1CCOC1. The second kappa shape index (κ2) is 5.36. The minimum atomic E-state index is -1.08. The molecule has 0 bridgehead atoms. The molecule has 0 aromatic carbocycles. The average Bonchev–Trinajstić information content (AvgIpc) is 2.91. The van der Waals surface area contributed by atoms with Gasteiger partial charge in [-0.3, -0.25) is 0 Å². The van der Waals surface area contributed by atoms with Gasteiger partial charge < -0.3 is 19.6 Å². The lowest BCUT2D eigenvalue weighted by atomic mass is 9.89. The van der Waals surface area contributed by atoms with Crippen molar-refractivity contribution in [3.8, 4) is 0 Å². The molecule has 0 saturated carbocycles. The maximum absolute atomic E-state index is 12.5. The number of likely N-dealkylation sites (N-methyl/N-ethyl adjacent to an activating group) is 1. The fourth-order valence-electron chi connectivity index (χ4n) is 2.82. The Morgan fingerprint density at radius 2 is 2.16 bits per heavy atom. The molecule has 6 heteroatoms. The highest BCUT2D eigenvalue weighted by Crippen LogP contribution is 2.29. The molecule has 1 N–H and O–H groups in total. The van der Waals surface area contributed by atoms with E-state index >= 15 is 0 Å². The normalized spacial score (nSPS) is 31.3. The number of likely N-dealkylation sites (tertiary alicyclic amines) is 1. The molecule has 2 aliphatic heterocycles. The van der Waals surface area contributed by atoms with E-state index in [9.17, 15) is 14.7 Å². The first-order valence-corrected chi connectivity index (χ1v) is 6.82. The number of ether oxygens (including phenoxy) is 1. The molecule has 2 unspecified atom stereocenters. The van der Waals surface area contributed by atoms with Crippen LogP contribution in [0.1, 0.15) is 32.6 Å². The van der Waals surface area contributed by atoms with Gasteiger partial charge in [0.05, 0.1) is 12.6 Å². The molecule has 2 saturated heterocycles. The van der Waals surface area contributed by atoms with Crippen molar-refractivity contribution in [3.63, 3.8) is 0 Å². The monoisotopic (exact) mass is 270 g/mol. The summed E-state index contributed by atoms with van der Waals surface area (Å²) in [6.45, 7) is 3.36. The quantitative estimate of drug-likeness (QED) is 0.817. The molecule has 2 heterocycles. The third-order valence-corrected chi connectivity index (χ3v) is 4.34. The molecule has 0 aromatic rings. The molecule has 2 amide bonds. The highest BCUT2D eigenvalue weighted by Gasteiger charge is 2.45. The van der Waals surface area contributed by atoms with Gasteiger partial charge in [0.25, 0.3) is 0 Å². The average molecular weight is 270 g/mol. The largest absolute Gasteiger partial charge is 0.480 e. The highest BCUT2D eigenvalue weighted by molar-refractivity contribution is 5.86. The number of carbonyl (C=O) groups is 2. The van der Waals surface area contributed by atoms with Crippen molar-refractivity contribution in [2.45, 2.75) is 44.2 Å². The lowest BCUT2D eigenvalue weighted by Gasteiger charge is -2.44. The molecule has 19 heavy (non-hydrogen) atoms. The van der Waals surface area contributed by atoms with Gasteiger partial charge in [-0.15, -0.1) is 0 Å². The van der Waals surface area contributed by atoms with Gasteiger partial charge >= 0.3 is 12.0 Å². The summed E-state index contributed by atoms with van der Waals surface area (Å²) in [5.74, 6) is -0.920. The van der Waals surface area contributed by atoms with Crippen molar-refractivity contribution in [2.24, 2.45) is 0 Å². The Labute approximate surface area is 113 Å². The number of aliphatic carboxylic acids is 1. The highest BCUT2D eigenvalue weighted by atomic mass is 16.5. The number of hydrogen-bond donors (Lipinski definition) is 1. The Balaban J connectivity index is 2.13. The lowest BCUT2D eigenvalue weighted by Crippen LogP contribution is -2.61. The second-order valence-corrected chi connectivity index (χ2v) is 5.60. The van der Waals surface area contributed by atoms with Gasteiger partial charge in [0.15, 0.2) is 0 Å². The lowest BCUT2D eigenvalue weighted by molar-refractivity contribution is -0.150. The Kier molecular flexibility index (Phi) is 3.99. The Morgan fingerprint density at radius 1 is 1.42 bits per heavy atom. The number of rotatable bonds is 2. The number of hydrogen-bond acceptors (Lipinski definition) is 3. The number of carboxylic acids is 1. The minimum Gasteiger partial charge on any atom is -0.480 e. The van der Waals surface area contributed by atoms with Crippen LogP contribution in [-0.2, 0) is 9.53 Å². The predicted molar refractivity (Wildman–Crippen MR) is 69.0 cm³/mol. The number of carboxylic acid groups (broad SMARTS) is 1. The van der Waals surface area contributed by atoms with Crippen molar-refractivity contribution in [1.29, 1.82) is 0 Å². The third kappa shape index (κ3) is 2.54. The van der Waals surface area contributed by atoms with E-state index in [1.165, 1.54) is 4.90 Å². The van der Waals surface area contributed by atoms with E-state index in [1.54, 1.807) is 18.9 Å². The number of amides is 2. The predicted octanol–water partition coefficient (Wildman–Crippen LogP) is 1.16. The molecule has 0 aliphatic carbocycles. The summed E-state index contributed by atoms with van der Waals surface area (Å²) in [6, 6.07) is -0.132. The zero-order valence-corrected chi connectivity index (χ0v) is 11.6. The van der Waals surface area contributed by atoms with Crippen molar-refractivity contribution >= 4 is 12.0 Å². The first-order chi connectivity index (χ1) is 8.97. The zero-order valence-electron chi connectivity index (χ0n) is 11.6. The number of urea groups is 1. The first kappa shape index (κ1) is 14.1. The van der Waals surface area contributed by atoms with Gasteiger partial charge in [0.2, 0.25) is 0 Å².